The minimum Gasteiger partial charge on any atom is -0.284 e. The topological polar surface area (TPSA) is 46.2 Å². The Morgan fingerprint density at radius 1 is 0.955 bits per heavy atom. The van der Waals surface area contributed by atoms with Crippen LogP contribution >= 0.6 is 0 Å². The van der Waals surface area contributed by atoms with Gasteiger partial charge < -0.3 is 0 Å². The number of hydrogen-bond acceptors (Lipinski definition) is 2. The highest BCUT2D eigenvalue weighted by atomic mass is 32.2. The number of hydrogen-bond donors (Lipinski definition) is 1. The lowest BCUT2D eigenvalue weighted by Gasteiger charge is -2.11. The first-order valence-electron chi connectivity index (χ1n) is 6.32. The van der Waals surface area contributed by atoms with Crippen molar-refractivity contribution in [2.24, 2.45) is 0 Å². The quantitative estimate of drug-likeness (QED) is 0.923. The molecule has 0 radical (unpaired) electrons. The Morgan fingerprint density at radius 2 is 1.50 bits per heavy atom. The second kappa shape index (κ2) is 5.64. The second-order valence-corrected chi connectivity index (χ2v) is 6.73. The molecule has 0 spiro atoms. The van der Waals surface area contributed by atoms with Crippen molar-refractivity contribution in [3.8, 4) is 11.1 Å². The molecule has 0 bridgehead atoms. The third-order valence-electron chi connectivity index (χ3n) is 3.07. The average molecular weight is 329 g/mol. The predicted molar refractivity (Wildman–Crippen MR) is 80.1 cm³/mol. The van der Waals surface area contributed by atoms with E-state index in [1.165, 1.54) is 12.1 Å². The van der Waals surface area contributed by atoms with Crippen molar-refractivity contribution in [1.29, 1.82) is 0 Å². The van der Waals surface area contributed by atoms with Gasteiger partial charge in [0.15, 0.2) is 0 Å². The standard InChI is InChI=1S/C15H14F3NO2S/c1-10-9-12(5-8-14(10)19-22(2,20)21)11-3-6-13(7-4-11)15(16,17)18/h3-9,19H,1-2H3. The van der Waals surface area contributed by atoms with Crippen LogP contribution in [0.3, 0.4) is 0 Å². The van der Waals surface area contributed by atoms with E-state index in [4.69, 9.17) is 0 Å². The third-order valence-corrected chi connectivity index (χ3v) is 3.66. The molecule has 3 nitrogen and oxygen atoms in total. The molecule has 0 fully saturated rings. The Morgan fingerprint density at radius 3 is 1.95 bits per heavy atom. The summed E-state index contributed by atoms with van der Waals surface area (Å²) in [4.78, 5) is 0. The normalized spacial score (nSPS) is 12.2. The maximum absolute atomic E-state index is 12.5. The summed E-state index contributed by atoms with van der Waals surface area (Å²) in [5.74, 6) is 0. The number of rotatable bonds is 3. The highest BCUT2D eigenvalue weighted by Crippen LogP contribution is 2.31. The van der Waals surface area contributed by atoms with Gasteiger partial charge in [0.2, 0.25) is 10.0 Å². The fraction of sp³-hybridized carbons (Fsp3) is 0.200. The Bertz CT molecular complexity index is 781. The molecule has 118 valence electrons. The molecule has 7 heteroatoms. The largest absolute Gasteiger partial charge is 0.416 e. The first-order chi connectivity index (χ1) is 10.1. The van der Waals surface area contributed by atoms with Crippen LogP contribution in [-0.4, -0.2) is 14.7 Å². The SMILES string of the molecule is Cc1cc(-c2ccc(C(F)(F)F)cc2)ccc1NS(C)(=O)=O. The zero-order valence-corrected chi connectivity index (χ0v) is 12.7. The predicted octanol–water partition coefficient (Wildman–Crippen LogP) is 4.05. The summed E-state index contributed by atoms with van der Waals surface area (Å²) in [6.07, 6.45) is -3.31. The zero-order chi connectivity index (χ0) is 16.5. The summed E-state index contributed by atoms with van der Waals surface area (Å²) in [7, 11) is -3.37. The van der Waals surface area contributed by atoms with Crippen molar-refractivity contribution in [2.45, 2.75) is 13.1 Å². The molecule has 22 heavy (non-hydrogen) atoms. The van der Waals surface area contributed by atoms with E-state index in [-0.39, 0.29) is 0 Å². The van der Waals surface area contributed by atoms with Crippen LogP contribution in [0.5, 0.6) is 0 Å². The van der Waals surface area contributed by atoms with Gasteiger partial charge in [-0.3, -0.25) is 4.72 Å². The summed E-state index contributed by atoms with van der Waals surface area (Å²) >= 11 is 0. The number of alkyl halides is 3. The Hall–Kier alpha value is -2.02. The van der Waals surface area contributed by atoms with Gasteiger partial charge in [0, 0.05) is 0 Å². The summed E-state index contributed by atoms with van der Waals surface area (Å²) < 4.78 is 62.4. The van der Waals surface area contributed by atoms with Crippen LogP contribution < -0.4 is 4.72 Å². The van der Waals surface area contributed by atoms with Gasteiger partial charge in [-0.1, -0.05) is 18.2 Å². The maximum atomic E-state index is 12.5. The van der Waals surface area contributed by atoms with Crippen molar-refractivity contribution < 1.29 is 21.6 Å². The first-order valence-corrected chi connectivity index (χ1v) is 8.21. The van der Waals surface area contributed by atoms with Crippen molar-refractivity contribution in [3.63, 3.8) is 0 Å². The molecule has 0 aromatic heterocycles. The van der Waals surface area contributed by atoms with Crippen LogP contribution in [0, 0.1) is 6.92 Å². The summed E-state index contributed by atoms with van der Waals surface area (Å²) in [6, 6.07) is 9.78. The fourth-order valence-electron chi connectivity index (χ4n) is 2.01. The number of benzene rings is 2. The van der Waals surface area contributed by atoms with Crippen molar-refractivity contribution in [3.05, 3.63) is 53.6 Å². The first kappa shape index (κ1) is 16.4. The number of sulfonamides is 1. The lowest BCUT2D eigenvalue weighted by atomic mass is 10.0. The van der Waals surface area contributed by atoms with Crippen LogP contribution in [0.4, 0.5) is 18.9 Å². The number of halogens is 3. The maximum Gasteiger partial charge on any atom is 0.416 e. The minimum atomic E-state index is -4.36. The van der Waals surface area contributed by atoms with Crippen molar-refractivity contribution in [2.75, 3.05) is 11.0 Å². The lowest BCUT2D eigenvalue weighted by Crippen LogP contribution is -2.10. The van der Waals surface area contributed by atoms with E-state index in [0.717, 1.165) is 18.4 Å². The van der Waals surface area contributed by atoms with E-state index in [2.05, 4.69) is 4.72 Å². The Kier molecular flexibility index (Phi) is 4.19. The Balaban J connectivity index is 2.32. The van der Waals surface area contributed by atoms with E-state index in [0.29, 0.717) is 22.4 Å². The van der Waals surface area contributed by atoms with Crippen LogP contribution in [0.1, 0.15) is 11.1 Å². The van der Waals surface area contributed by atoms with E-state index < -0.39 is 21.8 Å². The van der Waals surface area contributed by atoms with E-state index in [9.17, 15) is 21.6 Å². The zero-order valence-electron chi connectivity index (χ0n) is 11.9. The van der Waals surface area contributed by atoms with Gasteiger partial charge in [-0.2, -0.15) is 13.2 Å². The average Bonchev–Trinajstić information content (AvgIpc) is 2.39. The van der Waals surface area contributed by atoms with Gasteiger partial charge >= 0.3 is 6.18 Å². The molecule has 0 aliphatic rings. The van der Waals surface area contributed by atoms with Gasteiger partial charge in [0.25, 0.3) is 0 Å². The van der Waals surface area contributed by atoms with Crippen molar-refractivity contribution >= 4 is 15.7 Å². The number of anilines is 1. The lowest BCUT2D eigenvalue weighted by molar-refractivity contribution is -0.137. The molecular weight excluding hydrogens is 315 g/mol. The third kappa shape index (κ3) is 4.00. The van der Waals surface area contributed by atoms with Crippen LogP contribution in [0.25, 0.3) is 11.1 Å². The summed E-state index contributed by atoms with van der Waals surface area (Å²) in [5, 5.41) is 0. The monoisotopic (exact) mass is 329 g/mol. The molecule has 0 atom stereocenters. The summed E-state index contributed by atoms with van der Waals surface area (Å²) in [5.41, 5.74) is 1.76. The molecule has 0 unspecified atom stereocenters. The van der Waals surface area contributed by atoms with Gasteiger partial charge in [-0.15, -0.1) is 0 Å². The highest BCUT2D eigenvalue weighted by Gasteiger charge is 2.29. The van der Waals surface area contributed by atoms with E-state index >= 15 is 0 Å². The molecule has 0 amide bonds. The number of nitrogens with one attached hydrogen (secondary N) is 1. The van der Waals surface area contributed by atoms with Gasteiger partial charge in [-0.25, -0.2) is 8.42 Å². The number of aryl methyl sites for hydroxylation is 1. The van der Waals surface area contributed by atoms with Gasteiger partial charge in [0.05, 0.1) is 17.5 Å². The van der Waals surface area contributed by atoms with Crippen LogP contribution in [0.15, 0.2) is 42.5 Å². The Labute approximate surface area is 126 Å². The van der Waals surface area contributed by atoms with E-state index in [1.807, 2.05) is 0 Å². The molecule has 2 rings (SSSR count). The highest BCUT2D eigenvalue weighted by molar-refractivity contribution is 7.92. The molecular formula is C15H14F3NO2S. The second-order valence-electron chi connectivity index (χ2n) is 4.98. The van der Waals surface area contributed by atoms with Crippen LogP contribution in [0.2, 0.25) is 0 Å². The van der Waals surface area contributed by atoms with Crippen LogP contribution in [-0.2, 0) is 16.2 Å². The molecule has 2 aromatic rings. The molecule has 0 aliphatic heterocycles. The van der Waals surface area contributed by atoms with Gasteiger partial charge in [-0.05, 0) is 47.9 Å². The smallest absolute Gasteiger partial charge is 0.284 e. The molecule has 2 aromatic carbocycles. The summed E-state index contributed by atoms with van der Waals surface area (Å²) in [6.45, 7) is 1.72. The minimum absolute atomic E-state index is 0.443. The molecule has 0 saturated heterocycles. The fourth-order valence-corrected chi connectivity index (χ4v) is 2.64. The molecule has 0 heterocycles. The molecule has 0 saturated carbocycles. The molecule has 1 N–H and O–H groups in total. The van der Waals surface area contributed by atoms with Crippen molar-refractivity contribution in [1.82, 2.24) is 0 Å². The van der Waals surface area contributed by atoms with E-state index in [1.54, 1.807) is 25.1 Å². The van der Waals surface area contributed by atoms with Gasteiger partial charge in [0.1, 0.15) is 0 Å². The molecule has 0 aliphatic carbocycles.